The largest absolute Gasteiger partial charge is 0.346 e. The number of carbonyl (C=O) groups excluding carboxylic acids is 2. The Morgan fingerprint density at radius 1 is 1.05 bits per heavy atom. The first-order valence-electron chi connectivity index (χ1n) is 6.99. The highest BCUT2D eigenvalue weighted by atomic mass is 16.2. The minimum atomic E-state index is -0.282. The van der Waals surface area contributed by atoms with E-state index in [1.807, 2.05) is 37.3 Å². The van der Waals surface area contributed by atoms with Gasteiger partial charge in [-0.05, 0) is 42.8 Å². The molecule has 22 heavy (non-hydrogen) atoms. The first-order chi connectivity index (χ1) is 10.6. The molecule has 1 atom stereocenters. The highest BCUT2D eigenvalue weighted by Crippen LogP contribution is 2.14. The molecule has 0 aliphatic rings. The average molecular weight is 294 g/mol. The number of rotatable bonds is 5. The van der Waals surface area contributed by atoms with E-state index in [1.165, 1.54) is 6.08 Å². The lowest BCUT2D eigenvalue weighted by Gasteiger charge is -2.14. The van der Waals surface area contributed by atoms with Gasteiger partial charge in [0.05, 0.1) is 6.04 Å². The van der Waals surface area contributed by atoms with Crippen LogP contribution in [0.25, 0.3) is 0 Å². The van der Waals surface area contributed by atoms with Gasteiger partial charge in [-0.15, -0.1) is 0 Å². The molecule has 1 unspecified atom stereocenters. The summed E-state index contributed by atoms with van der Waals surface area (Å²) in [7, 11) is 0. The highest BCUT2D eigenvalue weighted by molar-refractivity contribution is 5.99. The number of nitrogens with one attached hydrogen (secondary N) is 2. The van der Waals surface area contributed by atoms with Crippen LogP contribution in [0.5, 0.6) is 0 Å². The van der Waals surface area contributed by atoms with Crippen molar-refractivity contribution in [3.8, 4) is 0 Å². The fraction of sp³-hybridized carbons (Fsp3) is 0.111. The lowest BCUT2D eigenvalue weighted by Crippen LogP contribution is -2.26. The Hall–Kier alpha value is -2.88. The van der Waals surface area contributed by atoms with Crippen LogP contribution in [0.2, 0.25) is 0 Å². The second kappa shape index (κ2) is 7.22. The Kier molecular flexibility index (Phi) is 5.09. The molecule has 2 N–H and O–H groups in total. The van der Waals surface area contributed by atoms with Crippen LogP contribution in [0.15, 0.2) is 67.3 Å². The van der Waals surface area contributed by atoms with Crippen LogP contribution in [-0.2, 0) is 4.79 Å². The van der Waals surface area contributed by atoms with E-state index >= 15 is 0 Å². The molecule has 0 aliphatic heterocycles. The first kappa shape index (κ1) is 15.5. The van der Waals surface area contributed by atoms with Gasteiger partial charge < -0.3 is 10.6 Å². The molecule has 0 saturated heterocycles. The summed E-state index contributed by atoms with van der Waals surface area (Å²) in [5, 5.41) is 5.58. The zero-order valence-corrected chi connectivity index (χ0v) is 12.4. The summed E-state index contributed by atoms with van der Waals surface area (Å²) in [6.07, 6.45) is 1.20. The third-order valence-corrected chi connectivity index (χ3v) is 3.25. The molecule has 0 saturated carbocycles. The lowest BCUT2D eigenvalue weighted by molar-refractivity contribution is -0.111. The number of anilines is 1. The normalized spacial score (nSPS) is 11.3. The molecule has 4 nitrogen and oxygen atoms in total. The van der Waals surface area contributed by atoms with E-state index in [1.54, 1.807) is 24.3 Å². The Bertz CT molecular complexity index is 663. The Morgan fingerprint density at radius 3 is 2.27 bits per heavy atom. The monoisotopic (exact) mass is 294 g/mol. The topological polar surface area (TPSA) is 58.2 Å². The van der Waals surface area contributed by atoms with Crippen molar-refractivity contribution in [3.63, 3.8) is 0 Å². The van der Waals surface area contributed by atoms with Crippen LogP contribution >= 0.6 is 0 Å². The first-order valence-corrected chi connectivity index (χ1v) is 6.99. The molecule has 4 heteroatoms. The van der Waals surface area contributed by atoms with Gasteiger partial charge >= 0.3 is 0 Å². The van der Waals surface area contributed by atoms with Crippen LogP contribution in [0, 0.1) is 0 Å². The van der Waals surface area contributed by atoms with E-state index < -0.39 is 0 Å². The SMILES string of the molecule is C=CC(=O)Nc1ccc(C(=O)NC(C)c2ccccc2)cc1. The van der Waals surface area contributed by atoms with Gasteiger partial charge in [0.15, 0.2) is 0 Å². The smallest absolute Gasteiger partial charge is 0.251 e. The van der Waals surface area contributed by atoms with Gasteiger partial charge in [0.2, 0.25) is 5.91 Å². The maximum Gasteiger partial charge on any atom is 0.251 e. The Balaban J connectivity index is 2.01. The third-order valence-electron chi connectivity index (χ3n) is 3.25. The Labute approximate surface area is 129 Å². The summed E-state index contributed by atoms with van der Waals surface area (Å²) >= 11 is 0. The van der Waals surface area contributed by atoms with Gasteiger partial charge in [0, 0.05) is 11.3 Å². The molecule has 0 bridgehead atoms. The summed E-state index contributed by atoms with van der Waals surface area (Å²) in [6, 6.07) is 16.4. The van der Waals surface area contributed by atoms with Crippen molar-refractivity contribution >= 4 is 17.5 Å². The maximum atomic E-state index is 12.2. The standard InChI is InChI=1S/C18H18N2O2/c1-3-17(21)20-16-11-9-15(10-12-16)18(22)19-13(2)14-7-5-4-6-8-14/h3-13H,1H2,2H3,(H,19,22)(H,20,21). The lowest BCUT2D eigenvalue weighted by atomic mass is 10.1. The van der Waals surface area contributed by atoms with E-state index in [4.69, 9.17) is 0 Å². The van der Waals surface area contributed by atoms with Crippen LogP contribution in [0.1, 0.15) is 28.9 Å². The number of carbonyl (C=O) groups is 2. The van der Waals surface area contributed by atoms with Gasteiger partial charge in [-0.1, -0.05) is 36.9 Å². The van der Waals surface area contributed by atoms with E-state index in [-0.39, 0.29) is 17.9 Å². The van der Waals surface area contributed by atoms with Gasteiger partial charge in [-0.2, -0.15) is 0 Å². The fourth-order valence-corrected chi connectivity index (χ4v) is 2.00. The molecular weight excluding hydrogens is 276 g/mol. The maximum absolute atomic E-state index is 12.2. The number of benzene rings is 2. The number of hydrogen-bond donors (Lipinski definition) is 2. The quantitative estimate of drug-likeness (QED) is 0.831. The predicted molar refractivity (Wildman–Crippen MR) is 87.6 cm³/mol. The molecule has 112 valence electrons. The molecule has 2 rings (SSSR count). The molecule has 2 amide bonds. The molecule has 0 heterocycles. The van der Waals surface area contributed by atoms with Crippen LogP contribution in [0.4, 0.5) is 5.69 Å². The summed E-state index contributed by atoms with van der Waals surface area (Å²) in [5.74, 6) is -0.437. The second-order valence-corrected chi connectivity index (χ2v) is 4.88. The zero-order chi connectivity index (χ0) is 15.9. The zero-order valence-electron chi connectivity index (χ0n) is 12.4. The molecule has 0 aliphatic carbocycles. The van der Waals surface area contributed by atoms with Gasteiger partial charge in [-0.3, -0.25) is 9.59 Å². The van der Waals surface area contributed by atoms with E-state index in [0.717, 1.165) is 5.56 Å². The van der Waals surface area contributed by atoms with Crippen LogP contribution < -0.4 is 10.6 Å². The van der Waals surface area contributed by atoms with Gasteiger partial charge in [0.1, 0.15) is 0 Å². The Morgan fingerprint density at radius 2 is 1.68 bits per heavy atom. The predicted octanol–water partition coefficient (Wildman–Crippen LogP) is 3.30. The van der Waals surface area contributed by atoms with Gasteiger partial charge in [0.25, 0.3) is 5.91 Å². The van der Waals surface area contributed by atoms with Crippen molar-refractivity contribution in [1.82, 2.24) is 5.32 Å². The molecular formula is C18H18N2O2. The molecule has 2 aromatic carbocycles. The molecule has 2 aromatic rings. The van der Waals surface area contributed by atoms with E-state index in [2.05, 4.69) is 17.2 Å². The van der Waals surface area contributed by atoms with Crippen molar-refractivity contribution in [2.24, 2.45) is 0 Å². The molecule has 0 fully saturated rings. The minimum Gasteiger partial charge on any atom is -0.346 e. The molecule has 0 radical (unpaired) electrons. The summed E-state index contributed by atoms with van der Waals surface area (Å²) < 4.78 is 0. The van der Waals surface area contributed by atoms with Crippen molar-refractivity contribution < 1.29 is 9.59 Å². The second-order valence-electron chi connectivity index (χ2n) is 4.88. The summed E-state index contributed by atoms with van der Waals surface area (Å²) in [4.78, 5) is 23.4. The highest BCUT2D eigenvalue weighted by Gasteiger charge is 2.11. The molecule has 0 aromatic heterocycles. The number of hydrogen-bond acceptors (Lipinski definition) is 2. The van der Waals surface area contributed by atoms with Crippen molar-refractivity contribution in [1.29, 1.82) is 0 Å². The van der Waals surface area contributed by atoms with Crippen LogP contribution in [0.3, 0.4) is 0 Å². The van der Waals surface area contributed by atoms with E-state index in [0.29, 0.717) is 11.3 Å². The fourth-order valence-electron chi connectivity index (χ4n) is 2.00. The van der Waals surface area contributed by atoms with E-state index in [9.17, 15) is 9.59 Å². The average Bonchev–Trinajstić information content (AvgIpc) is 2.56. The molecule has 0 spiro atoms. The van der Waals surface area contributed by atoms with Crippen LogP contribution in [-0.4, -0.2) is 11.8 Å². The van der Waals surface area contributed by atoms with Crippen molar-refractivity contribution in [3.05, 3.63) is 78.4 Å². The third kappa shape index (κ3) is 4.06. The van der Waals surface area contributed by atoms with Gasteiger partial charge in [-0.25, -0.2) is 0 Å². The number of amides is 2. The summed E-state index contributed by atoms with van der Waals surface area (Å²) in [5.41, 5.74) is 2.21. The summed E-state index contributed by atoms with van der Waals surface area (Å²) in [6.45, 7) is 5.32. The van der Waals surface area contributed by atoms with Crippen molar-refractivity contribution in [2.75, 3.05) is 5.32 Å². The van der Waals surface area contributed by atoms with Crippen molar-refractivity contribution in [2.45, 2.75) is 13.0 Å². The minimum absolute atomic E-state index is 0.0751.